The van der Waals surface area contributed by atoms with Crippen molar-refractivity contribution in [3.05, 3.63) is 54.1 Å². The van der Waals surface area contributed by atoms with Crippen molar-refractivity contribution in [2.75, 3.05) is 19.0 Å². The largest absolute Gasteiger partial charge is 0.447 e. The third-order valence-electron chi connectivity index (χ3n) is 3.00. The quantitative estimate of drug-likeness (QED) is 0.805. The Labute approximate surface area is 107 Å². The first-order valence-electron chi connectivity index (χ1n) is 5.94. The minimum absolute atomic E-state index is 0.335. The van der Waals surface area contributed by atoms with Crippen LogP contribution in [0.3, 0.4) is 0 Å². The summed E-state index contributed by atoms with van der Waals surface area (Å²) in [5.74, 6) is 1.61. The monoisotopic (exact) mass is 241 g/mol. The van der Waals surface area contributed by atoms with Crippen LogP contribution in [0.15, 0.2) is 48.5 Å². The van der Waals surface area contributed by atoms with E-state index in [1.54, 1.807) is 0 Å². The summed E-state index contributed by atoms with van der Waals surface area (Å²) in [6.07, 6.45) is -0.335. The van der Waals surface area contributed by atoms with Crippen LogP contribution in [0.2, 0.25) is 0 Å². The van der Waals surface area contributed by atoms with Gasteiger partial charge in [0.05, 0.1) is 0 Å². The van der Waals surface area contributed by atoms with E-state index in [1.807, 2.05) is 50.5 Å². The Morgan fingerprint density at radius 1 is 0.833 bits per heavy atom. The first kappa shape index (κ1) is 11.0. The van der Waals surface area contributed by atoms with E-state index in [1.165, 1.54) is 0 Å². The summed E-state index contributed by atoms with van der Waals surface area (Å²) in [4.78, 5) is 2.06. The molecule has 3 heteroatoms. The molecule has 3 nitrogen and oxygen atoms in total. The molecule has 0 radical (unpaired) electrons. The lowest BCUT2D eigenvalue weighted by Gasteiger charge is -2.14. The van der Waals surface area contributed by atoms with Crippen molar-refractivity contribution < 1.29 is 9.47 Å². The third-order valence-corrected chi connectivity index (χ3v) is 3.00. The molecule has 1 aliphatic heterocycles. The van der Waals surface area contributed by atoms with E-state index in [-0.39, 0.29) is 6.29 Å². The van der Waals surface area contributed by atoms with E-state index >= 15 is 0 Å². The van der Waals surface area contributed by atoms with Crippen LogP contribution in [0.5, 0.6) is 11.5 Å². The summed E-state index contributed by atoms with van der Waals surface area (Å²) >= 11 is 0. The molecule has 2 aromatic rings. The number of fused-ring (bicyclic) bond motifs is 1. The molecule has 0 saturated carbocycles. The Hall–Kier alpha value is -2.16. The number of nitrogens with zero attached hydrogens (tertiary/aromatic N) is 1. The predicted molar refractivity (Wildman–Crippen MR) is 71.2 cm³/mol. The van der Waals surface area contributed by atoms with Crippen LogP contribution < -0.4 is 14.4 Å². The van der Waals surface area contributed by atoms with Gasteiger partial charge in [-0.3, -0.25) is 0 Å². The maximum absolute atomic E-state index is 5.76. The Balaban J connectivity index is 1.82. The van der Waals surface area contributed by atoms with Crippen molar-refractivity contribution in [1.29, 1.82) is 0 Å². The number of ether oxygens (including phenoxy) is 2. The topological polar surface area (TPSA) is 21.7 Å². The average molecular weight is 241 g/mol. The van der Waals surface area contributed by atoms with Crippen LogP contribution in [0.1, 0.15) is 11.9 Å². The minimum atomic E-state index is -0.335. The highest BCUT2D eigenvalue weighted by atomic mass is 16.7. The molecular weight excluding hydrogens is 226 g/mol. The van der Waals surface area contributed by atoms with Gasteiger partial charge in [-0.05, 0) is 36.4 Å². The van der Waals surface area contributed by atoms with Gasteiger partial charge in [-0.2, -0.15) is 0 Å². The van der Waals surface area contributed by atoms with Gasteiger partial charge in [0.1, 0.15) is 0 Å². The number of rotatable bonds is 2. The van der Waals surface area contributed by atoms with Crippen molar-refractivity contribution in [2.45, 2.75) is 6.29 Å². The summed E-state index contributed by atoms with van der Waals surface area (Å²) in [6.45, 7) is 0. The van der Waals surface area contributed by atoms with E-state index in [4.69, 9.17) is 9.47 Å². The molecule has 18 heavy (non-hydrogen) atoms. The summed E-state index contributed by atoms with van der Waals surface area (Å²) in [5, 5.41) is 0. The van der Waals surface area contributed by atoms with Crippen molar-refractivity contribution in [3.63, 3.8) is 0 Å². The van der Waals surface area contributed by atoms with Gasteiger partial charge < -0.3 is 14.4 Å². The van der Waals surface area contributed by atoms with Gasteiger partial charge in [0.15, 0.2) is 11.5 Å². The smallest absolute Gasteiger partial charge is 0.267 e. The highest BCUT2D eigenvalue weighted by molar-refractivity contribution is 5.48. The molecule has 92 valence electrons. The predicted octanol–water partition coefficient (Wildman–Crippen LogP) is 3.22. The molecule has 0 fully saturated rings. The van der Waals surface area contributed by atoms with Crippen molar-refractivity contribution >= 4 is 5.69 Å². The van der Waals surface area contributed by atoms with Crippen LogP contribution >= 0.6 is 0 Å². The maximum Gasteiger partial charge on any atom is 0.267 e. The Bertz CT molecular complexity index is 524. The molecule has 0 N–H and O–H groups in total. The van der Waals surface area contributed by atoms with Gasteiger partial charge in [0.2, 0.25) is 0 Å². The molecule has 0 aromatic heterocycles. The first-order valence-corrected chi connectivity index (χ1v) is 5.94. The van der Waals surface area contributed by atoms with Crippen molar-refractivity contribution in [3.8, 4) is 11.5 Å². The lowest BCUT2D eigenvalue weighted by Crippen LogP contribution is -2.10. The molecular formula is C15H15NO2. The van der Waals surface area contributed by atoms with Crippen molar-refractivity contribution in [2.24, 2.45) is 0 Å². The first-order chi connectivity index (χ1) is 8.74. The van der Waals surface area contributed by atoms with Crippen LogP contribution in [0.25, 0.3) is 0 Å². The number of hydrogen-bond acceptors (Lipinski definition) is 3. The second-order valence-electron chi connectivity index (χ2n) is 4.50. The van der Waals surface area contributed by atoms with Gasteiger partial charge in [0, 0.05) is 25.3 Å². The van der Waals surface area contributed by atoms with Crippen molar-refractivity contribution in [1.82, 2.24) is 0 Å². The number of para-hydroxylation sites is 2. The van der Waals surface area contributed by atoms with Crippen LogP contribution in [0.4, 0.5) is 5.69 Å². The zero-order valence-electron chi connectivity index (χ0n) is 10.5. The van der Waals surface area contributed by atoms with Gasteiger partial charge in [0.25, 0.3) is 6.29 Å². The Kier molecular flexibility index (Phi) is 2.59. The zero-order valence-corrected chi connectivity index (χ0v) is 10.5. The van der Waals surface area contributed by atoms with Crippen LogP contribution in [-0.4, -0.2) is 14.1 Å². The molecule has 3 rings (SSSR count). The van der Waals surface area contributed by atoms with Gasteiger partial charge >= 0.3 is 0 Å². The standard InChI is InChI=1S/C15H15NO2/c1-16(2)12-9-7-11(8-10-12)15-17-13-5-3-4-6-14(13)18-15/h3-10,15H,1-2H3. The number of anilines is 1. The SMILES string of the molecule is CN(C)c1ccc(C2Oc3ccccc3O2)cc1. The Morgan fingerprint density at radius 3 is 1.89 bits per heavy atom. The molecule has 0 amide bonds. The molecule has 0 bridgehead atoms. The summed E-state index contributed by atoms with van der Waals surface area (Å²) in [6, 6.07) is 15.9. The third kappa shape index (κ3) is 1.88. The van der Waals surface area contributed by atoms with Gasteiger partial charge in [-0.15, -0.1) is 0 Å². The molecule has 0 atom stereocenters. The van der Waals surface area contributed by atoms with Gasteiger partial charge in [-0.1, -0.05) is 12.1 Å². The minimum Gasteiger partial charge on any atom is -0.447 e. The fraction of sp³-hybridized carbons (Fsp3) is 0.200. The van der Waals surface area contributed by atoms with E-state index in [9.17, 15) is 0 Å². The average Bonchev–Trinajstić information content (AvgIpc) is 2.82. The highest BCUT2D eigenvalue weighted by Gasteiger charge is 2.24. The molecule has 0 saturated heterocycles. The van der Waals surface area contributed by atoms with E-state index in [0.29, 0.717) is 0 Å². The number of benzene rings is 2. The van der Waals surface area contributed by atoms with Crippen LogP contribution in [-0.2, 0) is 0 Å². The zero-order chi connectivity index (χ0) is 12.5. The molecule has 0 aliphatic carbocycles. The van der Waals surface area contributed by atoms with E-state index < -0.39 is 0 Å². The van der Waals surface area contributed by atoms with Crippen LogP contribution in [0, 0.1) is 0 Å². The van der Waals surface area contributed by atoms with Gasteiger partial charge in [-0.25, -0.2) is 0 Å². The summed E-state index contributed by atoms with van der Waals surface area (Å²) in [5.41, 5.74) is 2.19. The second kappa shape index (κ2) is 4.26. The maximum atomic E-state index is 5.76. The molecule has 0 unspecified atom stereocenters. The molecule has 0 spiro atoms. The Morgan fingerprint density at radius 2 is 1.39 bits per heavy atom. The van der Waals surface area contributed by atoms with E-state index in [0.717, 1.165) is 22.7 Å². The molecule has 2 aromatic carbocycles. The lowest BCUT2D eigenvalue weighted by molar-refractivity contribution is 0.0487. The highest BCUT2D eigenvalue weighted by Crippen LogP contribution is 2.39. The summed E-state index contributed by atoms with van der Waals surface area (Å²) < 4.78 is 11.5. The lowest BCUT2D eigenvalue weighted by atomic mass is 10.2. The fourth-order valence-electron chi connectivity index (χ4n) is 1.97. The normalized spacial score (nSPS) is 13.7. The fourth-order valence-corrected chi connectivity index (χ4v) is 1.97. The van der Waals surface area contributed by atoms with E-state index in [2.05, 4.69) is 17.0 Å². The molecule has 1 aliphatic rings. The summed E-state index contributed by atoms with van der Waals surface area (Å²) in [7, 11) is 4.04. The number of hydrogen-bond donors (Lipinski definition) is 0. The second-order valence-corrected chi connectivity index (χ2v) is 4.50. The molecule has 1 heterocycles.